The lowest BCUT2D eigenvalue weighted by atomic mass is 9.78. The maximum atomic E-state index is 13.0. The molecule has 29 heavy (non-hydrogen) atoms. The Morgan fingerprint density at radius 3 is 2.24 bits per heavy atom. The second-order valence-electron chi connectivity index (χ2n) is 7.96. The number of hydrogen-bond donors (Lipinski definition) is 1. The molecule has 1 N–H and O–H groups in total. The summed E-state index contributed by atoms with van der Waals surface area (Å²) in [4.78, 5) is 15.0. The molecule has 0 fully saturated rings. The molecular weight excluding hydrogens is 362 g/mol. The number of benzene rings is 2. The smallest absolute Gasteiger partial charge is 0.355 e. The lowest BCUT2D eigenvalue weighted by Gasteiger charge is -2.41. The van der Waals surface area contributed by atoms with Crippen LogP contribution >= 0.6 is 0 Å². The lowest BCUT2D eigenvalue weighted by molar-refractivity contribution is -0.151. The third-order valence-corrected chi connectivity index (χ3v) is 5.67. The standard InChI is InChI=1S/C25H31NO3/c1-4-17-26(21-13-9-6-10-14-21)23-22(16-15-20-11-7-5-8-12-20)25(28,19(2)3)18-29-24(23)27/h5-14,19,28H,4,15-18H2,1-3H3. The number of carbonyl (C=O) groups excluding carboxylic acids is 1. The second kappa shape index (κ2) is 9.27. The molecule has 0 radical (unpaired) electrons. The summed E-state index contributed by atoms with van der Waals surface area (Å²) in [6, 6.07) is 20.1. The van der Waals surface area contributed by atoms with E-state index in [1.807, 2.05) is 67.3 Å². The van der Waals surface area contributed by atoms with Gasteiger partial charge < -0.3 is 14.7 Å². The first-order valence-corrected chi connectivity index (χ1v) is 10.5. The summed E-state index contributed by atoms with van der Waals surface area (Å²) in [5.41, 5.74) is 2.23. The van der Waals surface area contributed by atoms with Crippen LogP contribution in [0.1, 0.15) is 39.2 Å². The molecule has 4 heteroatoms. The number of hydrogen-bond acceptors (Lipinski definition) is 4. The molecule has 3 rings (SSSR count). The highest BCUT2D eigenvalue weighted by Gasteiger charge is 2.45. The van der Waals surface area contributed by atoms with Crippen LogP contribution in [-0.2, 0) is 16.0 Å². The summed E-state index contributed by atoms with van der Waals surface area (Å²) in [6.45, 7) is 6.73. The monoisotopic (exact) mass is 393 g/mol. The van der Waals surface area contributed by atoms with E-state index in [1.165, 1.54) is 5.56 Å². The number of anilines is 1. The molecule has 1 unspecified atom stereocenters. The molecule has 154 valence electrons. The Kier molecular flexibility index (Phi) is 6.75. The van der Waals surface area contributed by atoms with E-state index in [9.17, 15) is 9.90 Å². The predicted octanol–water partition coefficient (Wildman–Crippen LogP) is 4.73. The summed E-state index contributed by atoms with van der Waals surface area (Å²) in [7, 11) is 0. The van der Waals surface area contributed by atoms with E-state index >= 15 is 0 Å². The van der Waals surface area contributed by atoms with Crippen molar-refractivity contribution >= 4 is 11.7 Å². The quantitative estimate of drug-likeness (QED) is 0.659. The summed E-state index contributed by atoms with van der Waals surface area (Å²) in [5.74, 6) is -0.425. The van der Waals surface area contributed by atoms with Crippen LogP contribution < -0.4 is 4.90 Å². The predicted molar refractivity (Wildman–Crippen MR) is 117 cm³/mol. The van der Waals surface area contributed by atoms with Crippen LogP contribution in [0, 0.1) is 5.92 Å². The molecule has 0 spiro atoms. The normalized spacial score (nSPS) is 19.4. The zero-order valence-corrected chi connectivity index (χ0v) is 17.6. The van der Waals surface area contributed by atoms with Crippen LogP contribution in [0.2, 0.25) is 0 Å². The number of aliphatic hydroxyl groups is 1. The highest BCUT2D eigenvalue weighted by Crippen LogP contribution is 2.38. The van der Waals surface area contributed by atoms with Crippen molar-refractivity contribution in [2.24, 2.45) is 5.92 Å². The summed E-state index contributed by atoms with van der Waals surface area (Å²) >= 11 is 0. The van der Waals surface area contributed by atoms with E-state index in [0.29, 0.717) is 18.7 Å². The van der Waals surface area contributed by atoms with Crippen molar-refractivity contribution in [1.82, 2.24) is 0 Å². The Hall–Kier alpha value is -2.59. The van der Waals surface area contributed by atoms with Gasteiger partial charge in [-0.1, -0.05) is 69.3 Å². The lowest BCUT2D eigenvalue weighted by Crippen LogP contribution is -2.50. The van der Waals surface area contributed by atoms with Crippen molar-refractivity contribution in [3.8, 4) is 0 Å². The Labute approximate surface area is 173 Å². The fourth-order valence-corrected chi connectivity index (χ4v) is 3.90. The Balaban J connectivity index is 2.10. The summed E-state index contributed by atoms with van der Waals surface area (Å²) in [5, 5.41) is 11.6. The van der Waals surface area contributed by atoms with E-state index in [-0.39, 0.29) is 18.5 Å². The number of para-hydroxylation sites is 1. The van der Waals surface area contributed by atoms with Crippen LogP contribution in [0.5, 0.6) is 0 Å². The molecule has 0 aromatic heterocycles. The third kappa shape index (κ3) is 4.54. The molecule has 2 aromatic rings. The second-order valence-corrected chi connectivity index (χ2v) is 7.96. The molecule has 0 saturated heterocycles. The Morgan fingerprint density at radius 1 is 1.03 bits per heavy atom. The number of cyclic esters (lactones) is 1. The maximum Gasteiger partial charge on any atom is 0.355 e. The summed E-state index contributed by atoms with van der Waals surface area (Å²) in [6.07, 6.45) is 2.24. The van der Waals surface area contributed by atoms with Gasteiger partial charge in [-0.3, -0.25) is 0 Å². The summed E-state index contributed by atoms with van der Waals surface area (Å²) < 4.78 is 5.51. The number of ether oxygens (including phenoxy) is 1. The van der Waals surface area contributed by atoms with Crippen LogP contribution in [0.25, 0.3) is 0 Å². The SMILES string of the molecule is CCCN(C1=C(CCc2ccccc2)C(O)(C(C)C)COC1=O)c1ccccc1. The largest absolute Gasteiger partial charge is 0.458 e. The third-order valence-electron chi connectivity index (χ3n) is 5.67. The zero-order valence-electron chi connectivity index (χ0n) is 17.6. The van der Waals surface area contributed by atoms with Crippen LogP contribution in [0.15, 0.2) is 71.9 Å². The first kappa shape index (κ1) is 21.1. The molecule has 1 aliphatic rings. The van der Waals surface area contributed by atoms with Gasteiger partial charge in [-0.25, -0.2) is 4.79 Å². The number of aryl methyl sites for hydroxylation is 1. The van der Waals surface area contributed by atoms with Crippen molar-refractivity contribution in [3.63, 3.8) is 0 Å². The van der Waals surface area contributed by atoms with Crippen molar-refractivity contribution < 1.29 is 14.6 Å². The molecular formula is C25H31NO3. The molecule has 0 saturated carbocycles. The van der Waals surface area contributed by atoms with Gasteiger partial charge in [-0.2, -0.15) is 0 Å². The Morgan fingerprint density at radius 2 is 1.66 bits per heavy atom. The van der Waals surface area contributed by atoms with Gasteiger partial charge in [0.05, 0.1) is 0 Å². The fourth-order valence-electron chi connectivity index (χ4n) is 3.90. The minimum absolute atomic E-state index is 0.00583. The van der Waals surface area contributed by atoms with Gasteiger partial charge in [0, 0.05) is 12.2 Å². The van der Waals surface area contributed by atoms with Crippen molar-refractivity contribution in [1.29, 1.82) is 0 Å². The highest BCUT2D eigenvalue weighted by molar-refractivity contribution is 5.95. The van der Waals surface area contributed by atoms with Crippen molar-refractivity contribution in [2.45, 2.75) is 45.6 Å². The first-order chi connectivity index (χ1) is 14.0. The number of nitrogens with zero attached hydrogens (tertiary/aromatic N) is 1. The molecule has 1 atom stereocenters. The molecule has 1 aliphatic heterocycles. The number of esters is 1. The van der Waals surface area contributed by atoms with Crippen molar-refractivity contribution in [2.75, 3.05) is 18.1 Å². The van der Waals surface area contributed by atoms with Gasteiger partial charge in [0.1, 0.15) is 17.9 Å². The van der Waals surface area contributed by atoms with Gasteiger partial charge in [-0.05, 0) is 48.4 Å². The van der Waals surface area contributed by atoms with Gasteiger partial charge >= 0.3 is 5.97 Å². The van der Waals surface area contributed by atoms with E-state index in [4.69, 9.17) is 4.74 Å². The highest BCUT2D eigenvalue weighted by atomic mass is 16.5. The van der Waals surface area contributed by atoms with E-state index < -0.39 is 5.60 Å². The van der Waals surface area contributed by atoms with Gasteiger partial charge in [0.15, 0.2) is 0 Å². The molecule has 0 bridgehead atoms. The topological polar surface area (TPSA) is 49.8 Å². The van der Waals surface area contributed by atoms with E-state index in [0.717, 1.165) is 24.1 Å². The van der Waals surface area contributed by atoms with E-state index in [1.54, 1.807) is 0 Å². The van der Waals surface area contributed by atoms with E-state index in [2.05, 4.69) is 19.1 Å². The zero-order chi connectivity index (χ0) is 20.9. The minimum atomic E-state index is -1.17. The van der Waals surface area contributed by atoms with Gasteiger partial charge in [-0.15, -0.1) is 0 Å². The Bertz CT molecular complexity index is 845. The molecule has 2 aromatic carbocycles. The van der Waals surface area contributed by atoms with Crippen LogP contribution in [0.3, 0.4) is 0 Å². The van der Waals surface area contributed by atoms with Crippen molar-refractivity contribution in [3.05, 3.63) is 77.5 Å². The molecule has 4 nitrogen and oxygen atoms in total. The molecule has 0 amide bonds. The number of rotatable bonds is 8. The van der Waals surface area contributed by atoms with Gasteiger partial charge in [0.25, 0.3) is 0 Å². The molecule has 0 aliphatic carbocycles. The average molecular weight is 394 g/mol. The fraction of sp³-hybridized carbons (Fsp3) is 0.400. The molecule has 1 heterocycles. The van der Waals surface area contributed by atoms with Crippen LogP contribution in [-0.4, -0.2) is 29.8 Å². The average Bonchev–Trinajstić information content (AvgIpc) is 2.74. The maximum absolute atomic E-state index is 13.0. The minimum Gasteiger partial charge on any atom is -0.458 e. The van der Waals surface area contributed by atoms with Crippen LogP contribution in [0.4, 0.5) is 5.69 Å². The van der Waals surface area contributed by atoms with Gasteiger partial charge in [0.2, 0.25) is 0 Å². The first-order valence-electron chi connectivity index (χ1n) is 10.5. The number of carbonyl (C=O) groups is 1.